The molecule has 1 aromatic heterocycles. The molecule has 6 heteroatoms. The van der Waals surface area contributed by atoms with E-state index in [4.69, 9.17) is 4.74 Å². The second kappa shape index (κ2) is 5.60. The van der Waals surface area contributed by atoms with E-state index in [-0.39, 0.29) is 23.5 Å². The number of nitrogens with zero attached hydrogens (tertiary/aromatic N) is 3. The summed E-state index contributed by atoms with van der Waals surface area (Å²) in [6, 6.07) is 4.29. The summed E-state index contributed by atoms with van der Waals surface area (Å²) in [6.07, 6.45) is 1.37. The van der Waals surface area contributed by atoms with Crippen LogP contribution in [0.5, 0.6) is 5.75 Å². The van der Waals surface area contributed by atoms with Crippen molar-refractivity contribution in [2.45, 2.75) is 19.9 Å². The predicted molar refractivity (Wildman–Crippen MR) is 66.7 cm³/mol. The molecule has 0 unspecified atom stereocenters. The van der Waals surface area contributed by atoms with Gasteiger partial charge in [0.2, 0.25) is 0 Å². The van der Waals surface area contributed by atoms with Gasteiger partial charge < -0.3 is 4.74 Å². The summed E-state index contributed by atoms with van der Waals surface area (Å²) in [5, 5.41) is 3.97. The number of halogens is 1. The first-order chi connectivity index (χ1) is 9.17. The molecular formula is C13H14FN3O2. The van der Waals surface area contributed by atoms with Gasteiger partial charge in [0.1, 0.15) is 23.7 Å². The zero-order valence-electron chi connectivity index (χ0n) is 10.8. The van der Waals surface area contributed by atoms with Gasteiger partial charge in [-0.15, -0.1) is 0 Å². The van der Waals surface area contributed by atoms with Gasteiger partial charge in [-0.25, -0.2) is 14.1 Å². The molecule has 0 fully saturated rings. The van der Waals surface area contributed by atoms with Crippen LogP contribution in [0.25, 0.3) is 0 Å². The molecule has 0 atom stereocenters. The smallest absolute Gasteiger partial charge is 0.177 e. The molecule has 5 nitrogen and oxygen atoms in total. The first-order valence-corrected chi connectivity index (χ1v) is 5.89. The summed E-state index contributed by atoms with van der Waals surface area (Å²) in [5.41, 5.74) is -0.0457. The SMILES string of the molecule is CCn1ncnc1CC(=O)c1c(F)cccc1OC. The van der Waals surface area contributed by atoms with Gasteiger partial charge in [0.05, 0.1) is 19.1 Å². The summed E-state index contributed by atoms with van der Waals surface area (Å²) < 4.78 is 20.4. The molecule has 0 aliphatic heterocycles. The molecule has 0 amide bonds. The quantitative estimate of drug-likeness (QED) is 0.773. The van der Waals surface area contributed by atoms with Crippen LogP contribution in [0.2, 0.25) is 0 Å². The predicted octanol–water partition coefficient (Wildman–Crippen LogP) is 1.87. The lowest BCUT2D eigenvalue weighted by atomic mass is 10.1. The van der Waals surface area contributed by atoms with Gasteiger partial charge in [-0.1, -0.05) is 6.07 Å². The lowest BCUT2D eigenvalue weighted by Crippen LogP contribution is -2.13. The number of carbonyl (C=O) groups excluding carboxylic acids is 1. The minimum absolute atomic E-state index is 0.00880. The lowest BCUT2D eigenvalue weighted by Gasteiger charge is -2.08. The Labute approximate surface area is 110 Å². The third kappa shape index (κ3) is 2.62. The van der Waals surface area contributed by atoms with Crippen molar-refractivity contribution < 1.29 is 13.9 Å². The number of carbonyl (C=O) groups is 1. The van der Waals surface area contributed by atoms with Crippen molar-refractivity contribution >= 4 is 5.78 Å². The number of hydrogen-bond acceptors (Lipinski definition) is 4. The summed E-state index contributed by atoms with van der Waals surface area (Å²) in [6.45, 7) is 2.50. The highest BCUT2D eigenvalue weighted by molar-refractivity contribution is 5.99. The van der Waals surface area contributed by atoms with E-state index < -0.39 is 5.82 Å². The topological polar surface area (TPSA) is 57.0 Å². The zero-order valence-corrected chi connectivity index (χ0v) is 10.8. The molecule has 0 N–H and O–H groups in total. The number of benzene rings is 1. The number of Topliss-reactive ketones (excluding diaryl/α,β-unsaturated/α-hetero) is 1. The fourth-order valence-electron chi connectivity index (χ4n) is 1.87. The number of rotatable bonds is 5. The maximum atomic E-state index is 13.8. The van der Waals surface area contributed by atoms with Crippen molar-refractivity contribution in [1.82, 2.24) is 14.8 Å². The molecule has 0 spiro atoms. The molecule has 2 rings (SSSR count). The van der Waals surface area contributed by atoms with Gasteiger partial charge in [-0.3, -0.25) is 4.79 Å². The molecule has 1 aromatic carbocycles. The minimum Gasteiger partial charge on any atom is -0.496 e. The Morgan fingerprint density at radius 3 is 2.95 bits per heavy atom. The average molecular weight is 263 g/mol. The highest BCUT2D eigenvalue weighted by Gasteiger charge is 2.19. The van der Waals surface area contributed by atoms with E-state index in [9.17, 15) is 9.18 Å². The molecule has 100 valence electrons. The normalized spacial score (nSPS) is 10.5. The standard InChI is InChI=1S/C13H14FN3O2/c1-3-17-12(15-8-16-17)7-10(18)13-9(14)5-4-6-11(13)19-2/h4-6,8H,3,7H2,1-2H3. The van der Waals surface area contributed by atoms with Gasteiger partial charge in [0.25, 0.3) is 0 Å². The number of methoxy groups -OCH3 is 1. The van der Waals surface area contributed by atoms with Crippen LogP contribution in [-0.2, 0) is 13.0 Å². The van der Waals surface area contributed by atoms with Crippen LogP contribution >= 0.6 is 0 Å². The first kappa shape index (κ1) is 13.2. The van der Waals surface area contributed by atoms with Crippen molar-refractivity contribution in [3.8, 4) is 5.75 Å². The molecular weight excluding hydrogens is 249 g/mol. The van der Waals surface area contributed by atoms with Crippen molar-refractivity contribution in [2.24, 2.45) is 0 Å². The van der Waals surface area contributed by atoms with E-state index in [1.54, 1.807) is 10.7 Å². The van der Waals surface area contributed by atoms with E-state index in [0.717, 1.165) is 0 Å². The Morgan fingerprint density at radius 1 is 1.47 bits per heavy atom. The third-order valence-electron chi connectivity index (χ3n) is 2.79. The van der Waals surface area contributed by atoms with Crippen LogP contribution in [0.3, 0.4) is 0 Å². The Morgan fingerprint density at radius 2 is 2.26 bits per heavy atom. The number of ether oxygens (including phenoxy) is 1. The lowest BCUT2D eigenvalue weighted by molar-refractivity contribution is 0.0982. The second-order valence-electron chi connectivity index (χ2n) is 3.91. The van der Waals surface area contributed by atoms with Gasteiger partial charge in [0.15, 0.2) is 5.78 Å². The van der Waals surface area contributed by atoms with Crippen molar-refractivity contribution in [3.05, 3.63) is 41.7 Å². The minimum atomic E-state index is -0.591. The summed E-state index contributed by atoms with van der Waals surface area (Å²) in [4.78, 5) is 16.2. The number of ketones is 1. The van der Waals surface area contributed by atoms with E-state index >= 15 is 0 Å². The van der Waals surface area contributed by atoms with Crippen molar-refractivity contribution in [2.75, 3.05) is 7.11 Å². The average Bonchev–Trinajstić information content (AvgIpc) is 2.85. The van der Waals surface area contributed by atoms with Crippen molar-refractivity contribution in [1.29, 1.82) is 0 Å². The van der Waals surface area contributed by atoms with E-state index in [0.29, 0.717) is 12.4 Å². The second-order valence-corrected chi connectivity index (χ2v) is 3.91. The Bertz CT molecular complexity index is 595. The number of aryl methyl sites for hydroxylation is 1. The Balaban J connectivity index is 2.30. The molecule has 0 bridgehead atoms. The summed E-state index contributed by atoms with van der Waals surface area (Å²) in [7, 11) is 1.40. The fourth-order valence-corrected chi connectivity index (χ4v) is 1.87. The third-order valence-corrected chi connectivity index (χ3v) is 2.79. The summed E-state index contributed by atoms with van der Waals surface area (Å²) in [5.74, 6) is -0.227. The van der Waals surface area contributed by atoms with Gasteiger partial charge in [-0.05, 0) is 19.1 Å². The van der Waals surface area contributed by atoms with E-state index in [1.807, 2.05) is 6.92 Å². The van der Waals surface area contributed by atoms with Gasteiger partial charge in [0, 0.05) is 6.54 Å². The molecule has 19 heavy (non-hydrogen) atoms. The molecule has 1 heterocycles. The highest BCUT2D eigenvalue weighted by atomic mass is 19.1. The van der Waals surface area contributed by atoms with Crippen LogP contribution in [-0.4, -0.2) is 27.7 Å². The van der Waals surface area contributed by atoms with Crippen LogP contribution < -0.4 is 4.74 Å². The Hall–Kier alpha value is -2.24. The Kier molecular flexibility index (Phi) is 3.89. The monoisotopic (exact) mass is 263 g/mol. The molecule has 0 saturated carbocycles. The zero-order chi connectivity index (χ0) is 13.8. The van der Waals surface area contributed by atoms with Crippen LogP contribution in [0.1, 0.15) is 23.1 Å². The fraction of sp³-hybridized carbons (Fsp3) is 0.308. The molecule has 0 aliphatic carbocycles. The van der Waals surface area contributed by atoms with E-state index in [2.05, 4.69) is 10.1 Å². The van der Waals surface area contributed by atoms with Gasteiger partial charge >= 0.3 is 0 Å². The summed E-state index contributed by atoms with van der Waals surface area (Å²) >= 11 is 0. The van der Waals surface area contributed by atoms with Crippen LogP contribution in [0.15, 0.2) is 24.5 Å². The van der Waals surface area contributed by atoms with Crippen LogP contribution in [0, 0.1) is 5.82 Å². The number of hydrogen-bond donors (Lipinski definition) is 0. The maximum Gasteiger partial charge on any atom is 0.177 e. The van der Waals surface area contributed by atoms with Gasteiger partial charge in [-0.2, -0.15) is 5.10 Å². The van der Waals surface area contributed by atoms with Crippen LogP contribution in [0.4, 0.5) is 4.39 Å². The van der Waals surface area contributed by atoms with Crippen molar-refractivity contribution in [3.63, 3.8) is 0 Å². The molecule has 0 saturated heterocycles. The molecule has 0 radical (unpaired) electrons. The highest BCUT2D eigenvalue weighted by Crippen LogP contribution is 2.22. The molecule has 2 aromatic rings. The van der Waals surface area contributed by atoms with E-state index in [1.165, 1.54) is 25.6 Å². The maximum absolute atomic E-state index is 13.8. The largest absolute Gasteiger partial charge is 0.496 e. The first-order valence-electron chi connectivity index (χ1n) is 5.89. The number of aromatic nitrogens is 3. The molecule has 0 aliphatic rings.